The third kappa shape index (κ3) is 5.84. The molecule has 0 bridgehead atoms. The van der Waals surface area contributed by atoms with E-state index in [0.29, 0.717) is 29.4 Å². The maximum absolute atomic E-state index is 12.8. The van der Waals surface area contributed by atoms with Gasteiger partial charge in [0.2, 0.25) is 20.0 Å². The zero-order valence-electron chi connectivity index (χ0n) is 19.6. The smallest absolute Gasteiger partial charge is 0.242 e. The zero-order chi connectivity index (χ0) is 24.6. The Labute approximate surface area is 196 Å². The fourth-order valence-corrected chi connectivity index (χ4v) is 6.83. The molecule has 1 aliphatic rings. The number of benzene rings is 1. The summed E-state index contributed by atoms with van der Waals surface area (Å²) in [5.41, 5.74) is 0.994. The van der Waals surface area contributed by atoms with Gasteiger partial charge in [0.05, 0.1) is 10.5 Å². The molecular formula is C23H32N4O4S2. The lowest BCUT2D eigenvalue weighted by atomic mass is 9.89. The Morgan fingerprint density at radius 1 is 1.09 bits per heavy atom. The molecule has 1 fully saturated rings. The van der Waals surface area contributed by atoms with Crippen molar-refractivity contribution < 1.29 is 16.8 Å². The number of nitriles is 1. The van der Waals surface area contributed by atoms with Crippen molar-refractivity contribution in [3.8, 4) is 17.3 Å². The normalized spacial score (nSPS) is 16.0. The molecule has 33 heavy (non-hydrogen) atoms. The van der Waals surface area contributed by atoms with Crippen molar-refractivity contribution in [1.29, 1.82) is 5.26 Å². The van der Waals surface area contributed by atoms with E-state index in [2.05, 4.69) is 4.72 Å². The summed E-state index contributed by atoms with van der Waals surface area (Å²) in [5, 5.41) is 15.2. The second kappa shape index (κ2) is 9.22. The maximum Gasteiger partial charge on any atom is 0.242 e. The molecule has 0 unspecified atom stereocenters. The monoisotopic (exact) mass is 492 g/mol. The second-order valence-corrected chi connectivity index (χ2v) is 13.0. The number of sulfonamides is 2. The first kappa shape index (κ1) is 25.4. The van der Waals surface area contributed by atoms with Crippen molar-refractivity contribution in [3.63, 3.8) is 0 Å². The minimum atomic E-state index is -3.94. The molecule has 8 nitrogen and oxygen atoms in total. The van der Waals surface area contributed by atoms with Crippen LogP contribution in [0.4, 0.5) is 0 Å². The standard InChI is InChI=1S/C23H32N4O4S2/c1-16-22(32(25,28)29)13-20(27(16)15-17-8-6-5-7-9-17)18-10-11-21(19(12-18)14-24)33(30,31)26-23(2,3)4/h10-13,17,26H,5-9,15H2,1-4H3,(H2,25,28,29). The number of aromatic nitrogens is 1. The Bertz CT molecular complexity index is 1290. The van der Waals surface area contributed by atoms with Crippen LogP contribution in [-0.2, 0) is 26.6 Å². The SMILES string of the molecule is Cc1c(S(N)(=O)=O)cc(-c2ccc(S(=O)(=O)NC(C)(C)C)c(C#N)c2)n1CC1CCCCC1. The molecule has 10 heteroatoms. The third-order valence-electron chi connectivity index (χ3n) is 5.92. The number of rotatable bonds is 6. The molecule has 0 spiro atoms. The molecule has 0 aliphatic heterocycles. The first-order chi connectivity index (χ1) is 15.2. The quantitative estimate of drug-likeness (QED) is 0.635. The Morgan fingerprint density at radius 2 is 1.73 bits per heavy atom. The Balaban J connectivity index is 2.13. The van der Waals surface area contributed by atoms with Crippen LogP contribution >= 0.6 is 0 Å². The van der Waals surface area contributed by atoms with Crippen molar-refractivity contribution in [2.45, 2.75) is 81.7 Å². The van der Waals surface area contributed by atoms with E-state index in [0.717, 1.165) is 25.7 Å². The highest BCUT2D eigenvalue weighted by molar-refractivity contribution is 7.89. The van der Waals surface area contributed by atoms with E-state index in [-0.39, 0.29) is 15.4 Å². The molecule has 1 aromatic heterocycles. The van der Waals surface area contributed by atoms with Gasteiger partial charge in [-0.15, -0.1) is 0 Å². The van der Waals surface area contributed by atoms with Gasteiger partial charge in [0.1, 0.15) is 11.0 Å². The minimum absolute atomic E-state index is 0.00975. The van der Waals surface area contributed by atoms with Crippen LogP contribution in [0.15, 0.2) is 34.1 Å². The summed E-state index contributed by atoms with van der Waals surface area (Å²) in [4.78, 5) is -0.0737. The summed E-state index contributed by atoms with van der Waals surface area (Å²) in [6.45, 7) is 7.54. The summed E-state index contributed by atoms with van der Waals surface area (Å²) < 4.78 is 54.6. The molecule has 0 saturated heterocycles. The molecule has 1 heterocycles. The van der Waals surface area contributed by atoms with Gasteiger partial charge >= 0.3 is 0 Å². The Morgan fingerprint density at radius 3 is 2.27 bits per heavy atom. The van der Waals surface area contributed by atoms with Crippen LogP contribution in [0.25, 0.3) is 11.3 Å². The molecule has 3 rings (SSSR count). The van der Waals surface area contributed by atoms with E-state index < -0.39 is 25.6 Å². The molecule has 1 saturated carbocycles. The van der Waals surface area contributed by atoms with Crippen molar-refractivity contribution >= 4 is 20.0 Å². The van der Waals surface area contributed by atoms with Crippen LogP contribution in [0.2, 0.25) is 0 Å². The lowest BCUT2D eigenvalue weighted by Crippen LogP contribution is -2.40. The van der Waals surface area contributed by atoms with E-state index >= 15 is 0 Å². The first-order valence-electron chi connectivity index (χ1n) is 11.0. The lowest BCUT2D eigenvalue weighted by molar-refractivity contribution is 0.318. The molecule has 0 amide bonds. The largest absolute Gasteiger partial charge is 0.343 e. The summed E-state index contributed by atoms with van der Waals surface area (Å²) >= 11 is 0. The highest BCUT2D eigenvalue weighted by atomic mass is 32.2. The third-order valence-corrected chi connectivity index (χ3v) is 8.76. The van der Waals surface area contributed by atoms with Gasteiger partial charge in [0, 0.05) is 23.5 Å². The average Bonchev–Trinajstić information content (AvgIpc) is 3.03. The van der Waals surface area contributed by atoms with Gasteiger partial charge in [-0.05, 0) is 70.2 Å². The fourth-order valence-electron chi connectivity index (χ4n) is 4.48. The predicted octanol–water partition coefficient (Wildman–Crippen LogP) is 3.64. The van der Waals surface area contributed by atoms with Gasteiger partial charge in [-0.2, -0.15) is 5.26 Å². The number of nitrogens with one attached hydrogen (secondary N) is 1. The summed E-state index contributed by atoms with van der Waals surface area (Å²) in [7, 11) is -7.86. The van der Waals surface area contributed by atoms with Gasteiger partial charge in [0.25, 0.3) is 0 Å². The molecule has 1 aliphatic carbocycles. The zero-order valence-corrected chi connectivity index (χ0v) is 21.2. The fraction of sp³-hybridized carbons (Fsp3) is 0.522. The van der Waals surface area contributed by atoms with Gasteiger partial charge in [-0.3, -0.25) is 0 Å². The number of hydrogen-bond donors (Lipinski definition) is 2. The molecule has 1 aromatic carbocycles. The van der Waals surface area contributed by atoms with Crippen LogP contribution in [-0.4, -0.2) is 26.9 Å². The number of nitrogens with zero attached hydrogens (tertiary/aromatic N) is 2. The van der Waals surface area contributed by atoms with Gasteiger partial charge in [0.15, 0.2) is 0 Å². The van der Waals surface area contributed by atoms with Gasteiger partial charge in [-0.1, -0.05) is 25.3 Å². The summed E-state index contributed by atoms with van der Waals surface area (Å²) in [5.74, 6) is 0.419. The van der Waals surface area contributed by atoms with E-state index in [1.54, 1.807) is 33.8 Å². The molecule has 0 radical (unpaired) electrons. The predicted molar refractivity (Wildman–Crippen MR) is 127 cm³/mol. The summed E-state index contributed by atoms with van der Waals surface area (Å²) in [6.07, 6.45) is 5.64. The molecule has 2 aromatic rings. The van der Waals surface area contributed by atoms with Crippen LogP contribution in [0, 0.1) is 24.2 Å². The first-order valence-corrected chi connectivity index (χ1v) is 14.1. The molecule has 0 atom stereocenters. The van der Waals surface area contributed by atoms with E-state index in [1.807, 2.05) is 10.6 Å². The van der Waals surface area contributed by atoms with Gasteiger partial charge in [-0.25, -0.2) is 26.7 Å². The second-order valence-electron chi connectivity index (χ2n) is 9.82. The van der Waals surface area contributed by atoms with Crippen LogP contribution in [0.1, 0.15) is 64.1 Å². The van der Waals surface area contributed by atoms with Crippen molar-refractivity contribution in [1.82, 2.24) is 9.29 Å². The number of nitrogens with two attached hydrogens (primary N) is 1. The minimum Gasteiger partial charge on any atom is -0.343 e. The van der Waals surface area contributed by atoms with Crippen molar-refractivity contribution in [3.05, 3.63) is 35.5 Å². The number of primary sulfonamides is 1. The molecular weight excluding hydrogens is 460 g/mol. The van der Waals surface area contributed by atoms with E-state index in [4.69, 9.17) is 5.14 Å². The highest BCUT2D eigenvalue weighted by Crippen LogP contribution is 2.34. The maximum atomic E-state index is 12.8. The van der Waals surface area contributed by atoms with E-state index in [1.165, 1.54) is 24.6 Å². The molecule has 3 N–H and O–H groups in total. The Kier molecular flexibility index (Phi) is 7.10. The van der Waals surface area contributed by atoms with Crippen molar-refractivity contribution in [2.24, 2.45) is 11.1 Å². The van der Waals surface area contributed by atoms with Crippen LogP contribution < -0.4 is 9.86 Å². The van der Waals surface area contributed by atoms with Crippen LogP contribution in [0.3, 0.4) is 0 Å². The average molecular weight is 493 g/mol. The lowest BCUT2D eigenvalue weighted by Gasteiger charge is -2.24. The number of hydrogen-bond acceptors (Lipinski definition) is 5. The summed E-state index contributed by atoms with van der Waals surface area (Å²) in [6, 6.07) is 8.00. The highest BCUT2D eigenvalue weighted by Gasteiger charge is 2.27. The van der Waals surface area contributed by atoms with E-state index in [9.17, 15) is 22.1 Å². The van der Waals surface area contributed by atoms with Crippen LogP contribution in [0.5, 0.6) is 0 Å². The topological polar surface area (TPSA) is 135 Å². The Hall–Kier alpha value is -2.19. The van der Waals surface area contributed by atoms with Crippen molar-refractivity contribution in [2.75, 3.05) is 0 Å². The molecule has 180 valence electrons. The van der Waals surface area contributed by atoms with Gasteiger partial charge < -0.3 is 4.57 Å².